The van der Waals surface area contributed by atoms with E-state index in [0.29, 0.717) is 13.0 Å². The van der Waals surface area contributed by atoms with Crippen LogP contribution in [-0.4, -0.2) is 76.6 Å². The lowest BCUT2D eigenvalue weighted by Gasteiger charge is -2.53. The molecule has 1 N–H and O–H groups in total. The highest BCUT2D eigenvalue weighted by Gasteiger charge is 2.55. The number of aliphatic hydroxyl groups excluding tert-OH is 1. The Morgan fingerprint density at radius 3 is 2.50 bits per heavy atom. The Morgan fingerprint density at radius 2 is 1.91 bits per heavy atom. The van der Waals surface area contributed by atoms with E-state index in [1.165, 1.54) is 0 Å². The molecule has 7 nitrogen and oxygen atoms in total. The quantitative estimate of drug-likeness (QED) is 0.765. The lowest BCUT2D eigenvalue weighted by molar-refractivity contribution is -0.362. The lowest BCUT2D eigenvalue weighted by Crippen LogP contribution is -2.65. The summed E-state index contributed by atoms with van der Waals surface area (Å²) < 4.78 is 33.2. The van der Waals surface area contributed by atoms with Gasteiger partial charge in [0.15, 0.2) is 13.1 Å². The molecule has 0 aromatic carbocycles. The SMILES string of the molecule is COC[C@H](C[C@H]1O[C@H]2[C@H](OCO[C@@H]2O)[C@@H](OC)C1(C)C)OC. The predicted molar refractivity (Wildman–Crippen MR) is 77.4 cm³/mol. The summed E-state index contributed by atoms with van der Waals surface area (Å²) in [4.78, 5) is 0. The van der Waals surface area contributed by atoms with Gasteiger partial charge in [0.25, 0.3) is 0 Å². The largest absolute Gasteiger partial charge is 0.382 e. The molecule has 0 unspecified atom stereocenters. The monoisotopic (exact) mass is 320 g/mol. The highest BCUT2D eigenvalue weighted by Crippen LogP contribution is 2.43. The Morgan fingerprint density at radius 1 is 1.18 bits per heavy atom. The second-order valence-electron chi connectivity index (χ2n) is 6.42. The first-order chi connectivity index (χ1) is 10.5. The van der Waals surface area contributed by atoms with Gasteiger partial charge in [0.05, 0.1) is 24.9 Å². The summed E-state index contributed by atoms with van der Waals surface area (Å²) in [6.45, 7) is 4.67. The van der Waals surface area contributed by atoms with Gasteiger partial charge < -0.3 is 33.5 Å². The van der Waals surface area contributed by atoms with E-state index in [9.17, 15) is 5.11 Å². The predicted octanol–water partition coefficient (Wildman–Crippen LogP) is 0.538. The number of fused-ring (bicyclic) bond motifs is 1. The van der Waals surface area contributed by atoms with Crippen LogP contribution >= 0.6 is 0 Å². The van der Waals surface area contributed by atoms with Crippen molar-refractivity contribution in [1.29, 1.82) is 0 Å². The molecule has 0 aromatic rings. The Bertz CT molecular complexity index is 349. The van der Waals surface area contributed by atoms with Crippen molar-refractivity contribution in [2.24, 2.45) is 5.41 Å². The van der Waals surface area contributed by atoms with E-state index in [4.69, 9.17) is 28.4 Å². The van der Waals surface area contributed by atoms with Gasteiger partial charge in [-0.2, -0.15) is 0 Å². The van der Waals surface area contributed by atoms with Crippen molar-refractivity contribution in [2.45, 2.75) is 57.1 Å². The van der Waals surface area contributed by atoms with Gasteiger partial charge in [-0.15, -0.1) is 0 Å². The van der Waals surface area contributed by atoms with Gasteiger partial charge in [-0.3, -0.25) is 0 Å². The molecule has 2 fully saturated rings. The molecule has 2 saturated heterocycles. The molecule has 0 aliphatic carbocycles. The average Bonchev–Trinajstić information content (AvgIpc) is 2.48. The van der Waals surface area contributed by atoms with Crippen LogP contribution in [0.2, 0.25) is 0 Å². The maximum atomic E-state index is 10.1. The molecular formula is C15H28O7. The minimum absolute atomic E-state index is 0.0384. The van der Waals surface area contributed by atoms with Gasteiger partial charge in [-0.1, -0.05) is 13.8 Å². The molecule has 0 radical (unpaired) electrons. The van der Waals surface area contributed by atoms with E-state index in [1.54, 1.807) is 21.3 Å². The van der Waals surface area contributed by atoms with E-state index in [2.05, 4.69) is 13.8 Å². The molecule has 7 heteroatoms. The van der Waals surface area contributed by atoms with E-state index in [0.717, 1.165) is 0 Å². The molecule has 2 aliphatic heterocycles. The molecule has 0 saturated carbocycles. The third kappa shape index (κ3) is 3.46. The lowest BCUT2D eigenvalue weighted by atomic mass is 9.72. The molecule has 0 amide bonds. The van der Waals surface area contributed by atoms with Crippen LogP contribution in [-0.2, 0) is 28.4 Å². The molecule has 130 valence electrons. The zero-order valence-corrected chi connectivity index (χ0v) is 14.0. The Hall–Kier alpha value is -0.280. The van der Waals surface area contributed by atoms with Crippen molar-refractivity contribution in [3.05, 3.63) is 0 Å². The third-order valence-electron chi connectivity index (χ3n) is 4.70. The molecule has 2 heterocycles. The normalized spacial score (nSPS) is 39.3. The topological polar surface area (TPSA) is 75.6 Å². The van der Waals surface area contributed by atoms with Crippen molar-refractivity contribution >= 4 is 0 Å². The zero-order chi connectivity index (χ0) is 16.3. The van der Waals surface area contributed by atoms with Crippen LogP contribution in [0, 0.1) is 5.41 Å². The summed E-state index contributed by atoms with van der Waals surface area (Å²) in [7, 11) is 4.94. The van der Waals surface area contributed by atoms with Crippen LogP contribution < -0.4 is 0 Å². The standard InChI is InChI=1S/C15H28O7/c1-15(2)10(6-9(18-4)7-17-3)22-12-11(13(15)19-5)20-8-21-14(12)16/h9-14,16H,6-8H2,1-5H3/t9-,10+,11-,12-,13+,14-/m0/s1. The fourth-order valence-corrected chi connectivity index (χ4v) is 3.37. The number of hydrogen-bond donors (Lipinski definition) is 1. The second-order valence-corrected chi connectivity index (χ2v) is 6.42. The van der Waals surface area contributed by atoms with E-state index in [-0.39, 0.29) is 36.6 Å². The van der Waals surface area contributed by atoms with Crippen molar-refractivity contribution in [1.82, 2.24) is 0 Å². The summed E-state index contributed by atoms with van der Waals surface area (Å²) in [5.41, 5.74) is -0.308. The van der Waals surface area contributed by atoms with E-state index < -0.39 is 12.4 Å². The van der Waals surface area contributed by atoms with Gasteiger partial charge in [0, 0.05) is 33.2 Å². The first-order valence-electron chi connectivity index (χ1n) is 7.57. The maximum absolute atomic E-state index is 10.1. The Labute approximate surface area is 131 Å². The molecule has 2 rings (SSSR count). The van der Waals surface area contributed by atoms with Crippen molar-refractivity contribution in [3.8, 4) is 0 Å². The summed E-state index contributed by atoms with van der Waals surface area (Å²) in [5, 5.41) is 10.1. The van der Waals surface area contributed by atoms with Gasteiger partial charge >= 0.3 is 0 Å². The summed E-state index contributed by atoms with van der Waals surface area (Å²) >= 11 is 0. The number of aliphatic hydroxyl groups is 1. The smallest absolute Gasteiger partial charge is 0.186 e. The summed E-state index contributed by atoms with van der Waals surface area (Å²) in [5.74, 6) is 0. The summed E-state index contributed by atoms with van der Waals surface area (Å²) in [6, 6.07) is 0. The molecule has 2 aliphatic rings. The first kappa shape index (κ1) is 18.1. The van der Waals surface area contributed by atoms with Crippen LogP contribution in [0.1, 0.15) is 20.3 Å². The number of methoxy groups -OCH3 is 3. The maximum Gasteiger partial charge on any atom is 0.186 e. The number of rotatable bonds is 6. The van der Waals surface area contributed by atoms with Gasteiger partial charge in [0.2, 0.25) is 0 Å². The third-order valence-corrected chi connectivity index (χ3v) is 4.70. The molecule has 6 atom stereocenters. The fourth-order valence-electron chi connectivity index (χ4n) is 3.37. The second kappa shape index (κ2) is 7.53. The highest BCUT2D eigenvalue weighted by atomic mass is 16.8. The zero-order valence-electron chi connectivity index (χ0n) is 14.0. The average molecular weight is 320 g/mol. The Balaban J connectivity index is 2.18. The van der Waals surface area contributed by atoms with Gasteiger partial charge in [0.1, 0.15) is 12.2 Å². The van der Waals surface area contributed by atoms with E-state index in [1.807, 2.05) is 0 Å². The van der Waals surface area contributed by atoms with Crippen molar-refractivity contribution in [2.75, 3.05) is 34.7 Å². The fraction of sp³-hybridized carbons (Fsp3) is 1.00. The molecule has 0 aromatic heterocycles. The van der Waals surface area contributed by atoms with Crippen LogP contribution in [0.25, 0.3) is 0 Å². The highest BCUT2D eigenvalue weighted by molar-refractivity contribution is 5.01. The van der Waals surface area contributed by atoms with Crippen molar-refractivity contribution in [3.63, 3.8) is 0 Å². The van der Waals surface area contributed by atoms with Gasteiger partial charge in [-0.05, 0) is 0 Å². The molecule has 0 spiro atoms. The number of hydrogen-bond acceptors (Lipinski definition) is 7. The van der Waals surface area contributed by atoms with Gasteiger partial charge in [-0.25, -0.2) is 0 Å². The molecule has 0 bridgehead atoms. The van der Waals surface area contributed by atoms with Crippen molar-refractivity contribution < 1.29 is 33.5 Å². The van der Waals surface area contributed by atoms with Crippen LogP contribution in [0.3, 0.4) is 0 Å². The summed E-state index contributed by atoms with van der Waals surface area (Å²) in [6.07, 6.45) is -1.80. The van der Waals surface area contributed by atoms with Crippen LogP contribution in [0.5, 0.6) is 0 Å². The molecule has 22 heavy (non-hydrogen) atoms. The Kier molecular flexibility index (Phi) is 6.18. The van der Waals surface area contributed by atoms with E-state index >= 15 is 0 Å². The first-order valence-corrected chi connectivity index (χ1v) is 7.57. The molecular weight excluding hydrogens is 292 g/mol. The van der Waals surface area contributed by atoms with Crippen LogP contribution in [0.15, 0.2) is 0 Å². The van der Waals surface area contributed by atoms with Crippen LogP contribution in [0.4, 0.5) is 0 Å². The number of ether oxygens (including phenoxy) is 6. The minimum Gasteiger partial charge on any atom is -0.382 e. The minimum atomic E-state index is -1.02.